The van der Waals surface area contributed by atoms with Crippen molar-refractivity contribution < 1.29 is 13.2 Å². The smallest absolute Gasteiger partial charge is 0.318 e. The standard InChI is InChI=1S/C14H15F3N2S/c1-3-11-8(2)20-13(19-11)12(18)9-6-4-5-7-10(9)14(15,16)17/h4-7,12H,3,18H2,1-2H3. The average molecular weight is 300 g/mol. The fraction of sp³-hybridized carbons (Fsp3) is 0.357. The molecule has 0 aliphatic rings. The summed E-state index contributed by atoms with van der Waals surface area (Å²) in [6, 6.07) is 4.54. The Labute approximate surface area is 119 Å². The first kappa shape index (κ1) is 15.0. The first-order chi connectivity index (χ1) is 9.34. The van der Waals surface area contributed by atoms with Crippen molar-refractivity contribution in [3.63, 3.8) is 0 Å². The summed E-state index contributed by atoms with van der Waals surface area (Å²) in [5.41, 5.74) is 6.26. The number of nitrogens with two attached hydrogens (primary N) is 1. The Morgan fingerprint density at radius 2 is 1.95 bits per heavy atom. The molecule has 1 aromatic heterocycles. The van der Waals surface area contributed by atoms with Crippen LogP contribution in [0.5, 0.6) is 0 Å². The number of hydrogen-bond donors (Lipinski definition) is 1. The van der Waals surface area contributed by atoms with Gasteiger partial charge in [-0.15, -0.1) is 11.3 Å². The summed E-state index contributed by atoms with van der Waals surface area (Å²) in [4.78, 5) is 5.36. The van der Waals surface area contributed by atoms with Crippen LogP contribution in [-0.4, -0.2) is 4.98 Å². The number of hydrogen-bond acceptors (Lipinski definition) is 3. The minimum absolute atomic E-state index is 0.0661. The maximum atomic E-state index is 13.0. The second-order valence-corrected chi connectivity index (χ2v) is 5.71. The number of aryl methyl sites for hydroxylation is 2. The molecule has 0 saturated heterocycles. The van der Waals surface area contributed by atoms with E-state index in [0.717, 1.165) is 23.1 Å². The molecular weight excluding hydrogens is 285 g/mol. The van der Waals surface area contributed by atoms with Crippen LogP contribution < -0.4 is 5.73 Å². The van der Waals surface area contributed by atoms with Crippen LogP contribution in [0.4, 0.5) is 13.2 Å². The summed E-state index contributed by atoms with van der Waals surface area (Å²) in [5, 5.41) is 0.524. The molecule has 0 aliphatic heterocycles. The van der Waals surface area contributed by atoms with E-state index < -0.39 is 17.8 Å². The SMILES string of the molecule is CCc1nc(C(N)c2ccccc2C(F)(F)F)sc1C. The van der Waals surface area contributed by atoms with Crippen LogP contribution in [0.1, 0.15) is 39.7 Å². The second kappa shape index (κ2) is 5.54. The number of nitrogens with zero attached hydrogens (tertiary/aromatic N) is 1. The molecule has 1 atom stereocenters. The summed E-state index contributed by atoms with van der Waals surface area (Å²) in [6.07, 6.45) is -3.66. The zero-order chi connectivity index (χ0) is 14.9. The normalized spacial score (nSPS) is 13.5. The third kappa shape index (κ3) is 2.86. The highest BCUT2D eigenvalue weighted by molar-refractivity contribution is 7.11. The van der Waals surface area contributed by atoms with Crippen LogP contribution >= 0.6 is 11.3 Å². The highest BCUT2D eigenvalue weighted by Crippen LogP contribution is 2.36. The van der Waals surface area contributed by atoms with Gasteiger partial charge < -0.3 is 5.73 Å². The van der Waals surface area contributed by atoms with Gasteiger partial charge in [-0.05, 0) is 25.0 Å². The Morgan fingerprint density at radius 3 is 2.50 bits per heavy atom. The van der Waals surface area contributed by atoms with E-state index in [1.807, 2.05) is 13.8 Å². The largest absolute Gasteiger partial charge is 0.416 e. The molecule has 2 rings (SSSR count). The Morgan fingerprint density at radius 1 is 1.30 bits per heavy atom. The third-order valence-electron chi connectivity index (χ3n) is 3.11. The highest BCUT2D eigenvalue weighted by atomic mass is 32.1. The van der Waals surface area contributed by atoms with Crippen molar-refractivity contribution in [2.24, 2.45) is 5.73 Å². The van der Waals surface area contributed by atoms with E-state index >= 15 is 0 Å². The minimum Gasteiger partial charge on any atom is -0.318 e. The van der Waals surface area contributed by atoms with E-state index in [0.29, 0.717) is 5.01 Å². The first-order valence-corrected chi connectivity index (χ1v) is 7.04. The fourth-order valence-corrected chi connectivity index (χ4v) is 3.10. The molecule has 1 heterocycles. The van der Waals surface area contributed by atoms with Crippen molar-refractivity contribution in [3.8, 4) is 0 Å². The molecular formula is C14H15F3N2S. The molecule has 0 fully saturated rings. The fourth-order valence-electron chi connectivity index (χ4n) is 2.07. The Bertz CT molecular complexity index is 605. The maximum Gasteiger partial charge on any atom is 0.416 e. The van der Waals surface area contributed by atoms with Crippen LogP contribution in [0.3, 0.4) is 0 Å². The molecule has 2 N–H and O–H groups in total. The van der Waals surface area contributed by atoms with Gasteiger partial charge in [0.25, 0.3) is 0 Å². The van der Waals surface area contributed by atoms with Gasteiger partial charge in [-0.3, -0.25) is 0 Å². The van der Waals surface area contributed by atoms with Gasteiger partial charge >= 0.3 is 6.18 Å². The minimum atomic E-state index is -4.41. The van der Waals surface area contributed by atoms with Crippen LogP contribution in [-0.2, 0) is 12.6 Å². The van der Waals surface area contributed by atoms with Crippen LogP contribution in [0, 0.1) is 6.92 Å². The number of aromatic nitrogens is 1. The molecule has 6 heteroatoms. The molecule has 0 amide bonds. The lowest BCUT2D eigenvalue weighted by atomic mass is 10.0. The van der Waals surface area contributed by atoms with Crippen LogP contribution in [0.25, 0.3) is 0 Å². The van der Waals surface area contributed by atoms with Gasteiger partial charge in [-0.2, -0.15) is 13.2 Å². The van der Waals surface area contributed by atoms with E-state index in [9.17, 15) is 13.2 Å². The van der Waals surface area contributed by atoms with Gasteiger partial charge in [-0.25, -0.2) is 4.98 Å². The van der Waals surface area contributed by atoms with Gasteiger partial charge in [0.15, 0.2) is 0 Å². The Hall–Kier alpha value is -1.40. The number of benzene rings is 1. The molecule has 2 aromatic rings. The molecule has 0 bridgehead atoms. The Kier molecular flexibility index (Phi) is 4.15. The zero-order valence-electron chi connectivity index (χ0n) is 11.2. The van der Waals surface area contributed by atoms with Crippen molar-refractivity contribution in [3.05, 3.63) is 51.0 Å². The highest BCUT2D eigenvalue weighted by Gasteiger charge is 2.35. The van der Waals surface area contributed by atoms with Gasteiger partial charge in [0.05, 0.1) is 17.3 Å². The molecule has 20 heavy (non-hydrogen) atoms. The summed E-state index contributed by atoms with van der Waals surface area (Å²) in [6.45, 7) is 3.86. The maximum absolute atomic E-state index is 13.0. The van der Waals surface area contributed by atoms with Gasteiger partial charge in [-0.1, -0.05) is 25.1 Å². The Balaban J connectivity index is 2.45. The lowest BCUT2D eigenvalue weighted by molar-refractivity contribution is -0.138. The van der Waals surface area contributed by atoms with E-state index in [1.54, 1.807) is 6.07 Å². The summed E-state index contributed by atoms with van der Waals surface area (Å²) in [5.74, 6) is 0. The summed E-state index contributed by atoms with van der Waals surface area (Å²) < 4.78 is 39.0. The quantitative estimate of drug-likeness (QED) is 0.927. The van der Waals surface area contributed by atoms with Crippen molar-refractivity contribution in [2.75, 3.05) is 0 Å². The van der Waals surface area contributed by atoms with Gasteiger partial charge in [0.2, 0.25) is 0 Å². The molecule has 1 aromatic carbocycles. The lowest BCUT2D eigenvalue weighted by Crippen LogP contribution is -2.18. The van der Waals surface area contributed by atoms with E-state index in [-0.39, 0.29) is 5.56 Å². The van der Waals surface area contributed by atoms with Crippen molar-refractivity contribution in [1.29, 1.82) is 0 Å². The molecule has 0 aliphatic carbocycles. The summed E-state index contributed by atoms with van der Waals surface area (Å²) >= 11 is 1.36. The monoisotopic (exact) mass is 300 g/mol. The van der Waals surface area contributed by atoms with Crippen LogP contribution in [0.15, 0.2) is 24.3 Å². The number of rotatable bonds is 3. The van der Waals surface area contributed by atoms with Crippen molar-refractivity contribution in [1.82, 2.24) is 4.98 Å². The first-order valence-electron chi connectivity index (χ1n) is 6.22. The molecule has 2 nitrogen and oxygen atoms in total. The molecule has 1 unspecified atom stereocenters. The second-order valence-electron chi connectivity index (χ2n) is 4.47. The third-order valence-corrected chi connectivity index (χ3v) is 4.21. The zero-order valence-corrected chi connectivity index (χ0v) is 12.0. The van der Waals surface area contributed by atoms with Crippen molar-refractivity contribution in [2.45, 2.75) is 32.5 Å². The number of halogens is 3. The number of alkyl halides is 3. The molecule has 108 valence electrons. The van der Waals surface area contributed by atoms with Gasteiger partial charge in [0.1, 0.15) is 5.01 Å². The molecule has 0 radical (unpaired) electrons. The number of thiazole rings is 1. The van der Waals surface area contributed by atoms with E-state index in [1.165, 1.54) is 23.5 Å². The van der Waals surface area contributed by atoms with E-state index in [2.05, 4.69) is 4.98 Å². The summed E-state index contributed by atoms with van der Waals surface area (Å²) in [7, 11) is 0. The van der Waals surface area contributed by atoms with E-state index in [4.69, 9.17) is 5.73 Å². The molecule has 0 spiro atoms. The predicted molar refractivity (Wildman–Crippen MR) is 73.7 cm³/mol. The predicted octanol–water partition coefficient (Wildman–Crippen LogP) is 4.08. The van der Waals surface area contributed by atoms with Crippen molar-refractivity contribution >= 4 is 11.3 Å². The average Bonchev–Trinajstić information content (AvgIpc) is 2.78. The van der Waals surface area contributed by atoms with Gasteiger partial charge in [0, 0.05) is 4.88 Å². The topological polar surface area (TPSA) is 38.9 Å². The lowest BCUT2D eigenvalue weighted by Gasteiger charge is -2.16. The molecule has 0 saturated carbocycles. The van der Waals surface area contributed by atoms with Crippen LogP contribution in [0.2, 0.25) is 0 Å².